The summed E-state index contributed by atoms with van der Waals surface area (Å²) in [5, 5.41) is 9.90. The summed E-state index contributed by atoms with van der Waals surface area (Å²) in [5.74, 6) is 1.15. The number of benzene rings is 2. The molecule has 0 radical (unpaired) electrons. The molecule has 3 aromatic rings. The summed E-state index contributed by atoms with van der Waals surface area (Å²) in [7, 11) is 0. The molecule has 1 aliphatic carbocycles. The lowest BCUT2D eigenvalue weighted by Gasteiger charge is -2.42. The van der Waals surface area contributed by atoms with Gasteiger partial charge >= 0.3 is 5.97 Å². The number of hydrogen-bond donors (Lipinski definition) is 1. The van der Waals surface area contributed by atoms with Gasteiger partial charge in [-0.05, 0) is 105 Å². The van der Waals surface area contributed by atoms with Crippen molar-refractivity contribution in [1.29, 1.82) is 0 Å². The number of piperidine rings is 2. The minimum Gasteiger partial charge on any atom is -0.487 e. The van der Waals surface area contributed by atoms with E-state index in [9.17, 15) is 9.90 Å². The number of rotatable bonds is 8. The molecule has 3 aliphatic rings. The number of halogens is 1. The smallest absolute Gasteiger partial charge is 0.306 e. The molecular formula is C34H40ClN3O3. The molecule has 0 bridgehead atoms. The van der Waals surface area contributed by atoms with Crippen LogP contribution < -0.4 is 9.64 Å². The van der Waals surface area contributed by atoms with Crippen LogP contribution in [0.15, 0.2) is 54.6 Å². The summed E-state index contributed by atoms with van der Waals surface area (Å²) in [5.41, 5.74) is 5.51. The first-order valence-electron chi connectivity index (χ1n) is 15.2. The van der Waals surface area contributed by atoms with Crippen LogP contribution in [0, 0.1) is 12.8 Å². The zero-order valence-electron chi connectivity index (χ0n) is 23.9. The van der Waals surface area contributed by atoms with E-state index < -0.39 is 5.97 Å². The van der Waals surface area contributed by atoms with Crippen molar-refractivity contribution >= 4 is 23.4 Å². The number of carboxylic acids is 1. The van der Waals surface area contributed by atoms with Gasteiger partial charge in [0, 0.05) is 24.7 Å². The summed E-state index contributed by atoms with van der Waals surface area (Å²) in [4.78, 5) is 21.2. The van der Waals surface area contributed by atoms with Gasteiger partial charge in [-0.15, -0.1) is 0 Å². The van der Waals surface area contributed by atoms with E-state index in [0.29, 0.717) is 49.2 Å². The van der Waals surface area contributed by atoms with Crippen LogP contribution in [0.4, 0.5) is 5.82 Å². The Morgan fingerprint density at radius 1 is 0.976 bits per heavy atom. The Hall–Kier alpha value is -3.09. The van der Waals surface area contributed by atoms with Crippen molar-refractivity contribution in [3.8, 4) is 17.0 Å². The van der Waals surface area contributed by atoms with Crippen LogP contribution >= 0.6 is 11.6 Å². The van der Waals surface area contributed by atoms with Gasteiger partial charge in [-0.2, -0.15) is 0 Å². The second-order valence-electron chi connectivity index (χ2n) is 12.0. The van der Waals surface area contributed by atoms with Gasteiger partial charge in [0.25, 0.3) is 0 Å². The molecule has 0 spiro atoms. The Morgan fingerprint density at radius 3 is 2.41 bits per heavy atom. The average Bonchev–Trinajstić information content (AvgIpc) is 2.96. The quantitative estimate of drug-likeness (QED) is 0.304. The monoisotopic (exact) mass is 573 g/mol. The number of anilines is 1. The maximum Gasteiger partial charge on any atom is 0.306 e. The summed E-state index contributed by atoms with van der Waals surface area (Å²) in [6.45, 7) is 6.43. The van der Waals surface area contributed by atoms with E-state index in [-0.39, 0.29) is 5.92 Å². The van der Waals surface area contributed by atoms with Crippen LogP contribution in [-0.2, 0) is 11.4 Å². The number of pyridine rings is 1. The summed E-state index contributed by atoms with van der Waals surface area (Å²) < 4.78 is 6.40. The van der Waals surface area contributed by atoms with Crippen molar-refractivity contribution in [2.24, 2.45) is 5.92 Å². The Kier molecular flexibility index (Phi) is 8.50. The van der Waals surface area contributed by atoms with Crippen LogP contribution in [0.5, 0.6) is 5.75 Å². The molecule has 1 saturated carbocycles. The number of likely N-dealkylation sites (tertiary alicyclic amines) is 1. The van der Waals surface area contributed by atoms with E-state index in [1.54, 1.807) is 0 Å². The highest BCUT2D eigenvalue weighted by atomic mass is 35.5. The fourth-order valence-corrected chi connectivity index (χ4v) is 6.83. The van der Waals surface area contributed by atoms with Crippen LogP contribution in [0.3, 0.4) is 0 Å². The predicted molar refractivity (Wildman–Crippen MR) is 164 cm³/mol. The van der Waals surface area contributed by atoms with E-state index >= 15 is 0 Å². The fraction of sp³-hybridized carbons (Fsp3) is 0.471. The summed E-state index contributed by atoms with van der Waals surface area (Å²) >= 11 is 6.67. The van der Waals surface area contributed by atoms with E-state index in [1.165, 1.54) is 56.3 Å². The maximum atomic E-state index is 11.4. The first-order chi connectivity index (χ1) is 20.0. The standard InChI is InChI=1S/C34H40ClN3O3/c1-23-21-26(24-13-17-37(18-14-24)28-5-2-6-28)11-12-27(23)22-41-33-29(7-3-8-30(33)35)31-9-4-10-32(36-31)38-19-15-25(16-20-38)34(39)40/h3-4,7-12,21,24-25,28H,2,5-6,13-20,22H2,1H3,(H,39,40). The topological polar surface area (TPSA) is 65.9 Å². The molecule has 6 nitrogen and oxygen atoms in total. The molecule has 0 amide bonds. The van der Waals surface area contributed by atoms with Crippen molar-refractivity contribution in [2.75, 3.05) is 31.1 Å². The highest BCUT2D eigenvalue weighted by Crippen LogP contribution is 2.38. The Bertz CT molecular complexity index is 1380. The highest BCUT2D eigenvalue weighted by molar-refractivity contribution is 6.32. The SMILES string of the molecule is Cc1cc(C2CCN(C3CCC3)CC2)ccc1COc1c(Cl)cccc1-c1cccc(N2CCC(C(=O)O)CC2)n1. The van der Waals surface area contributed by atoms with E-state index in [4.69, 9.17) is 21.3 Å². The molecule has 3 heterocycles. The molecule has 0 unspecified atom stereocenters. The Morgan fingerprint density at radius 2 is 1.73 bits per heavy atom. The number of aromatic nitrogens is 1. The largest absolute Gasteiger partial charge is 0.487 e. The van der Waals surface area contributed by atoms with Gasteiger partial charge in [0.05, 0.1) is 16.6 Å². The van der Waals surface area contributed by atoms with Crippen molar-refractivity contribution in [3.05, 3.63) is 76.3 Å². The molecule has 0 atom stereocenters. The molecule has 7 heteroatoms. The number of nitrogens with zero attached hydrogens (tertiary/aromatic N) is 3. The minimum atomic E-state index is -0.707. The average molecular weight is 574 g/mol. The van der Waals surface area contributed by atoms with Gasteiger partial charge in [0.15, 0.2) is 0 Å². The van der Waals surface area contributed by atoms with Crippen LogP contribution in [-0.4, -0.2) is 53.2 Å². The van der Waals surface area contributed by atoms with Gasteiger partial charge in [-0.25, -0.2) is 4.98 Å². The molecule has 2 aliphatic heterocycles. The second kappa shape index (κ2) is 12.4. The van der Waals surface area contributed by atoms with Gasteiger partial charge in [-0.1, -0.05) is 48.4 Å². The molecule has 2 aromatic carbocycles. The number of para-hydroxylation sites is 1. The van der Waals surface area contributed by atoms with E-state index in [0.717, 1.165) is 28.7 Å². The normalized spacial score (nSPS) is 19.2. The van der Waals surface area contributed by atoms with Gasteiger partial charge in [0.1, 0.15) is 18.2 Å². The third-order valence-corrected chi connectivity index (χ3v) is 9.77. The lowest BCUT2D eigenvalue weighted by Crippen LogP contribution is -2.44. The number of carboxylic acid groups (broad SMARTS) is 1. The molecule has 6 rings (SSSR count). The second-order valence-corrected chi connectivity index (χ2v) is 12.4. The third-order valence-electron chi connectivity index (χ3n) is 9.48. The van der Waals surface area contributed by atoms with Gasteiger partial charge in [0.2, 0.25) is 0 Å². The number of hydrogen-bond acceptors (Lipinski definition) is 5. The van der Waals surface area contributed by atoms with Crippen LogP contribution in [0.25, 0.3) is 11.3 Å². The molecular weight excluding hydrogens is 534 g/mol. The number of aryl methyl sites for hydroxylation is 1. The zero-order valence-corrected chi connectivity index (χ0v) is 24.7. The first kappa shape index (κ1) is 28.0. The Balaban J connectivity index is 1.13. The van der Waals surface area contributed by atoms with Crippen molar-refractivity contribution < 1.29 is 14.6 Å². The number of aliphatic carboxylic acids is 1. The minimum absolute atomic E-state index is 0.273. The summed E-state index contributed by atoms with van der Waals surface area (Å²) in [6.07, 6.45) is 7.94. The van der Waals surface area contributed by atoms with Crippen molar-refractivity contribution in [3.63, 3.8) is 0 Å². The first-order valence-corrected chi connectivity index (χ1v) is 15.5. The molecule has 1 N–H and O–H groups in total. The summed E-state index contributed by atoms with van der Waals surface area (Å²) in [6, 6.07) is 19.4. The number of ether oxygens (including phenoxy) is 1. The molecule has 216 valence electrons. The number of carbonyl (C=O) groups is 1. The maximum absolute atomic E-state index is 11.4. The predicted octanol–water partition coefficient (Wildman–Crippen LogP) is 7.32. The lowest BCUT2D eigenvalue weighted by atomic mass is 9.84. The zero-order chi connectivity index (χ0) is 28.3. The molecule has 2 saturated heterocycles. The lowest BCUT2D eigenvalue weighted by molar-refractivity contribution is -0.142. The van der Waals surface area contributed by atoms with E-state index in [2.05, 4.69) is 34.9 Å². The van der Waals surface area contributed by atoms with E-state index in [1.807, 2.05) is 36.4 Å². The fourth-order valence-electron chi connectivity index (χ4n) is 6.60. The third kappa shape index (κ3) is 6.24. The van der Waals surface area contributed by atoms with Crippen LogP contribution in [0.2, 0.25) is 5.02 Å². The Labute approximate surface area is 248 Å². The molecule has 1 aromatic heterocycles. The van der Waals surface area contributed by atoms with Crippen molar-refractivity contribution in [1.82, 2.24) is 9.88 Å². The van der Waals surface area contributed by atoms with Gasteiger partial charge < -0.3 is 19.6 Å². The van der Waals surface area contributed by atoms with Crippen molar-refractivity contribution in [2.45, 2.75) is 70.4 Å². The molecule has 3 fully saturated rings. The highest BCUT2D eigenvalue weighted by Gasteiger charge is 2.29. The van der Waals surface area contributed by atoms with Crippen LogP contribution in [0.1, 0.15) is 67.6 Å². The van der Waals surface area contributed by atoms with Gasteiger partial charge in [-0.3, -0.25) is 4.79 Å². The molecule has 41 heavy (non-hydrogen) atoms.